The molecule has 0 spiro atoms. The molecule has 0 aliphatic carbocycles. The summed E-state index contributed by atoms with van der Waals surface area (Å²) in [5, 5.41) is 2.76. The average molecular weight is 325 g/mol. The smallest absolute Gasteiger partial charge is 0.226 e. The van der Waals surface area contributed by atoms with E-state index in [1.54, 1.807) is 24.5 Å². The second-order valence-electron chi connectivity index (χ2n) is 5.34. The van der Waals surface area contributed by atoms with E-state index in [4.69, 9.17) is 4.42 Å². The molecule has 6 heteroatoms. The van der Waals surface area contributed by atoms with E-state index in [-0.39, 0.29) is 18.1 Å². The molecule has 2 heterocycles. The van der Waals surface area contributed by atoms with Gasteiger partial charge in [0, 0.05) is 24.6 Å². The fourth-order valence-electron chi connectivity index (χ4n) is 2.21. The van der Waals surface area contributed by atoms with Crippen LogP contribution in [-0.2, 0) is 11.2 Å². The van der Waals surface area contributed by atoms with Crippen LogP contribution in [0.3, 0.4) is 0 Å². The summed E-state index contributed by atoms with van der Waals surface area (Å²) in [7, 11) is 0. The SMILES string of the molecule is Cc1cccnc1NC(=O)CCc1ncc(-c2ccc(F)cc2)o1. The monoisotopic (exact) mass is 325 g/mol. The molecule has 0 aliphatic rings. The third-order valence-electron chi connectivity index (χ3n) is 3.52. The Hall–Kier alpha value is -3.02. The number of oxazole rings is 1. The van der Waals surface area contributed by atoms with Gasteiger partial charge in [0.2, 0.25) is 5.91 Å². The van der Waals surface area contributed by atoms with Crippen LogP contribution in [0.15, 0.2) is 53.2 Å². The molecule has 1 amide bonds. The van der Waals surface area contributed by atoms with Crippen LogP contribution >= 0.6 is 0 Å². The topological polar surface area (TPSA) is 68.0 Å². The van der Waals surface area contributed by atoms with Gasteiger partial charge in [-0.2, -0.15) is 0 Å². The first kappa shape index (κ1) is 15.9. The number of anilines is 1. The Labute approximate surface area is 138 Å². The molecule has 0 unspecified atom stereocenters. The molecule has 24 heavy (non-hydrogen) atoms. The summed E-state index contributed by atoms with van der Waals surface area (Å²) >= 11 is 0. The highest BCUT2D eigenvalue weighted by molar-refractivity contribution is 5.90. The molecule has 0 saturated heterocycles. The van der Waals surface area contributed by atoms with Gasteiger partial charge in [-0.05, 0) is 42.8 Å². The lowest BCUT2D eigenvalue weighted by Crippen LogP contribution is -2.14. The predicted molar refractivity (Wildman–Crippen MR) is 87.8 cm³/mol. The summed E-state index contributed by atoms with van der Waals surface area (Å²) < 4.78 is 18.5. The minimum atomic E-state index is -0.306. The zero-order valence-corrected chi connectivity index (χ0v) is 13.1. The molecular weight excluding hydrogens is 309 g/mol. The maximum absolute atomic E-state index is 12.9. The van der Waals surface area contributed by atoms with Crippen molar-refractivity contribution in [2.45, 2.75) is 19.8 Å². The number of benzene rings is 1. The van der Waals surface area contributed by atoms with E-state index in [0.717, 1.165) is 11.1 Å². The quantitative estimate of drug-likeness (QED) is 0.775. The molecule has 1 N–H and O–H groups in total. The summed E-state index contributed by atoms with van der Waals surface area (Å²) in [5.74, 6) is 1.11. The van der Waals surface area contributed by atoms with Crippen molar-refractivity contribution in [1.29, 1.82) is 0 Å². The minimum absolute atomic E-state index is 0.154. The highest BCUT2D eigenvalue weighted by atomic mass is 19.1. The van der Waals surface area contributed by atoms with E-state index in [2.05, 4.69) is 15.3 Å². The lowest BCUT2D eigenvalue weighted by atomic mass is 10.2. The first-order valence-electron chi connectivity index (χ1n) is 7.54. The van der Waals surface area contributed by atoms with Crippen LogP contribution in [0.4, 0.5) is 10.2 Å². The van der Waals surface area contributed by atoms with Gasteiger partial charge in [0.05, 0.1) is 6.20 Å². The van der Waals surface area contributed by atoms with Crippen LogP contribution in [0.25, 0.3) is 11.3 Å². The molecule has 0 radical (unpaired) electrons. The Morgan fingerprint density at radius 2 is 2.00 bits per heavy atom. The molecule has 0 atom stereocenters. The number of carbonyl (C=O) groups excluding carboxylic acids is 1. The van der Waals surface area contributed by atoms with Gasteiger partial charge < -0.3 is 9.73 Å². The maximum atomic E-state index is 12.9. The van der Waals surface area contributed by atoms with Crippen LogP contribution < -0.4 is 5.32 Å². The van der Waals surface area contributed by atoms with Crippen molar-refractivity contribution >= 4 is 11.7 Å². The lowest BCUT2D eigenvalue weighted by Gasteiger charge is -2.05. The number of hydrogen-bond acceptors (Lipinski definition) is 4. The summed E-state index contributed by atoms with van der Waals surface area (Å²) in [6.45, 7) is 1.88. The molecule has 3 rings (SSSR count). The van der Waals surface area contributed by atoms with Gasteiger partial charge in [-0.3, -0.25) is 4.79 Å². The zero-order chi connectivity index (χ0) is 16.9. The minimum Gasteiger partial charge on any atom is -0.441 e. The number of aromatic nitrogens is 2. The number of nitrogens with zero attached hydrogens (tertiary/aromatic N) is 2. The van der Waals surface area contributed by atoms with E-state index in [0.29, 0.717) is 23.9 Å². The molecule has 122 valence electrons. The van der Waals surface area contributed by atoms with Crippen LogP contribution in [0.1, 0.15) is 17.9 Å². The summed E-state index contributed by atoms with van der Waals surface area (Å²) in [5.41, 5.74) is 1.64. The maximum Gasteiger partial charge on any atom is 0.226 e. The Morgan fingerprint density at radius 3 is 2.75 bits per heavy atom. The fraction of sp³-hybridized carbons (Fsp3) is 0.167. The molecule has 0 aliphatic heterocycles. The van der Waals surface area contributed by atoms with Crippen molar-refractivity contribution in [2.75, 3.05) is 5.32 Å². The van der Waals surface area contributed by atoms with Gasteiger partial charge in [0.1, 0.15) is 11.6 Å². The molecule has 0 saturated carbocycles. The average Bonchev–Trinajstić information content (AvgIpc) is 3.05. The van der Waals surface area contributed by atoms with Crippen LogP contribution in [0.2, 0.25) is 0 Å². The summed E-state index contributed by atoms with van der Waals surface area (Å²) in [6.07, 6.45) is 3.81. The van der Waals surface area contributed by atoms with E-state index >= 15 is 0 Å². The van der Waals surface area contributed by atoms with Crippen molar-refractivity contribution in [3.05, 3.63) is 66.1 Å². The van der Waals surface area contributed by atoms with Crippen LogP contribution in [0, 0.1) is 12.7 Å². The van der Waals surface area contributed by atoms with Crippen LogP contribution in [-0.4, -0.2) is 15.9 Å². The van der Waals surface area contributed by atoms with Gasteiger partial charge in [0.15, 0.2) is 11.7 Å². The zero-order valence-electron chi connectivity index (χ0n) is 13.1. The second kappa shape index (κ2) is 7.04. The second-order valence-corrected chi connectivity index (χ2v) is 5.34. The summed E-state index contributed by atoms with van der Waals surface area (Å²) in [6, 6.07) is 9.66. The first-order chi connectivity index (χ1) is 11.6. The predicted octanol–water partition coefficient (Wildman–Crippen LogP) is 3.76. The number of carbonyl (C=O) groups is 1. The van der Waals surface area contributed by atoms with E-state index < -0.39 is 0 Å². The third-order valence-corrected chi connectivity index (χ3v) is 3.52. The van der Waals surface area contributed by atoms with Crippen molar-refractivity contribution in [1.82, 2.24) is 9.97 Å². The molecule has 5 nitrogen and oxygen atoms in total. The Kier molecular flexibility index (Phi) is 4.65. The van der Waals surface area contributed by atoms with Gasteiger partial charge in [-0.15, -0.1) is 0 Å². The standard InChI is InChI=1S/C18H16FN3O2/c1-12-3-2-10-20-18(12)22-16(23)8-9-17-21-11-15(24-17)13-4-6-14(19)7-5-13/h2-7,10-11H,8-9H2,1H3,(H,20,22,23). The number of hydrogen-bond donors (Lipinski definition) is 1. The molecule has 1 aromatic carbocycles. The normalized spacial score (nSPS) is 10.6. The number of aryl methyl sites for hydroxylation is 2. The largest absolute Gasteiger partial charge is 0.441 e. The summed E-state index contributed by atoms with van der Waals surface area (Å²) in [4.78, 5) is 20.3. The lowest BCUT2D eigenvalue weighted by molar-refractivity contribution is -0.116. The number of nitrogens with one attached hydrogen (secondary N) is 1. The van der Waals surface area contributed by atoms with E-state index in [9.17, 15) is 9.18 Å². The Bertz CT molecular complexity index is 843. The van der Waals surface area contributed by atoms with E-state index in [1.807, 2.05) is 19.1 Å². The van der Waals surface area contributed by atoms with Gasteiger partial charge >= 0.3 is 0 Å². The Morgan fingerprint density at radius 1 is 1.21 bits per heavy atom. The highest BCUT2D eigenvalue weighted by Crippen LogP contribution is 2.21. The molecular formula is C18H16FN3O2. The molecule has 0 fully saturated rings. The van der Waals surface area contributed by atoms with Gasteiger partial charge in [-0.25, -0.2) is 14.4 Å². The number of pyridine rings is 1. The van der Waals surface area contributed by atoms with Crippen molar-refractivity contribution in [3.8, 4) is 11.3 Å². The van der Waals surface area contributed by atoms with Gasteiger partial charge in [-0.1, -0.05) is 6.07 Å². The first-order valence-corrected chi connectivity index (χ1v) is 7.54. The van der Waals surface area contributed by atoms with Crippen molar-refractivity contribution in [2.24, 2.45) is 0 Å². The van der Waals surface area contributed by atoms with Gasteiger partial charge in [0.25, 0.3) is 0 Å². The molecule has 0 bridgehead atoms. The van der Waals surface area contributed by atoms with E-state index in [1.165, 1.54) is 12.1 Å². The highest BCUT2D eigenvalue weighted by Gasteiger charge is 2.10. The van der Waals surface area contributed by atoms with Crippen molar-refractivity contribution < 1.29 is 13.6 Å². The number of amides is 1. The number of halogens is 1. The third kappa shape index (κ3) is 3.84. The number of rotatable bonds is 5. The van der Waals surface area contributed by atoms with Crippen molar-refractivity contribution in [3.63, 3.8) is 0 Å². The fourth-order valence-corrected chi connectivity index (χ4v) is 2.21. The Balaban J connectivity index is 1.58. The molecule has 2 aromatic heterocycles. The molecule has 3 aromatic rings. The van der Waals surface area contributed by atoms with Crippen LogP contribution in [0.5, 0.6) is 0 Å².